The Balaban J connectivity index is 2.21. The van der Waals surface area contributed by atoms with E-state index in [0.29, 0.717) is 15.6 Å². The van der Waals surface area contributed by atoms with Gasteiger partial charge in [0.2, 0.25) is 0 Å². The summed E-state index contributed by atoms with van der Waals surface area (Å²) >= 11 is 11.7. The summed E-state index contributed by atoms with van der Waals surface area (Å²) in [7, 11) is 0. The quantitative estimate of drug-likeness (QED) is 0.299. The van der Waals surface area contributed by atoms with Crippen molar-refractivity contribution in [2.75, 3.05) is 0 Å². The van der Waals surface area contributed by atoms with Crippen molar-refractivity contribution in [2.45, 2.75) is 32.7 Å². The molecule has 2 aromatic rings. The molecule has 27 heavy (non-hydrogen) atoms. The molecule has 0 atom stereocenters. The first-order valence-corrected chi connectivity index (χ1v) is 9.09. The Bertz CT molecular complexity index is 848. The van der Waals surface area contributed by atoms with E-state index in [1.807, 2.05) is 20.8 Å². The molecule has 2 aromatic carbocycles. The van der Waals surface area contributed by atoms with Crippen LogP contribution in [0.4, 0.5) is 0 Å². The van der Waals surface area contributed by atoms with E-state index in [0.717, 1.165) is 5.56 Å². The molecule has 4 nitrogen and oxygen atoms in total. The van der Waals surface area contributed by atoms with Gasteiger partial charge in [-0.05, 0) is 62.2 Å². The van der Waals surface area contributed by atoms with E-state index in [2.05, 4.69) is 4.99 Å². The van der Waals surface area contributed by atoms with E-state index in [4.69, 9.17) is 27.9 Å². The van der Waals surface area contributed by atoms with Crippen LogP contribution in [0.15, 0.2) is 59.3 Å². The lowest BCUT2D eigenvalue weighted by Gasteiger charge is -2.15. The van der Waals surface area contributed by atoms with Gasteiger partial charge in [-0.1, -0.05) is 47.5 Å². The largest absolute Gasteiger partial charge is 0.503 e. The van der Waals surface area contributed by atoms with E-state index in [-0.39, 0.29) is 18.1 Å². The number of hydrogen-bond acceptors (Lipinski definition) is 4. The zero-order valence-electron chi connectivity index (χ0n) is 15.4. The Hall–Kier alpha value is -2.30. The normalized spacial score (nSPS) is 12.8. The van der Waals surface area contributed by atoms with E-state index >= 15 is 0 Å². The van der Waals surface area contributed by atoms with Crippen molar-refractivity contribution in [3.63, 3.8) is 0 Å². The monoisotopic (exact) mass is 405 g/mol. The van der Waals surface area contributed by atoms with Gasteiger partial charge in [-0.2, -0.15) is 0 Å². The van der Waals surface area contributed by atoms with Gasteiger partial charge in [0.05, 0.1) is 12.0 Å². The summed E-state index contributed by atoms with van der Waals surface area (Å²) in [4.78, 5) is 16.6. The summed E-state index contributed by atoms with van der Waals surface area (Å²) in [5.74, 6) is -0.899. The average Bonchev–Trinajstić information content (AvgIpc) is 2.57. The number of halogens is 2. The lowest BCUT2D eigenvalue weighted by molar-refractivity contribution is -0.134. The summed E-state index contributed by atoms with van der Waals surface area (Å²) in [6.45, 7) is 5.53. The van der Waals surface area contributed by atoms with Gasteiger partial charge in [-0.25, -0.2) is 4.99 Å². The number of ether oxygens (including phenoxy) is 1. The Labute approximate surface area is 169 Å². The maximum absolute atomic E-state index is 12.3. The van der Waals surface area contributed by atoms with Crippen molar-refractivity contribution in [3.8, 4) is 0 Å². The molecule has 0 spiro atoms. The van der Waals surface area contributed by atoms with Crippen LogP contribution in [0, 0.1) is 0 Å². The number of hydrogen-bond donors (Lipinski definition) is 1. The molecule has 0 saturated heterocycles. The number of aliphatic hydroxyl groups is 1. The Morgan fingerprint density at radius 3 is 2.07 bits per heavy atom. The van der Waals surface area contributed by atoms with Gasteiger partial charge in [0.25, 0.3) is 5.90 Å². The molecule has 1 N–H and O–H groups in total. The fourth-order valence-electron chi connectivity index (χ4n) is 2.13. The zero-order chi connectivity index (χ0) is 20.0. The van der Waals surface area contributed by atoms with Gasteiger partial charge in [0.15, 0.2) is 5.76 Å². The lowest BCUT2D eigenvalue weighted by atomic mass is 10.1. The van der Waals surface area contributed by atoms with Gasteiger partial charge < -0.3 is 9.84 Å². The molecule has 0 aromatic heterocycles. The van der Waals surface area contributed by atoms with E-state index < -0.39 is 11.5 Å². The van der Waals surface area contributed by atoms with Crippen LogP contribution in [-0.2, 0) is 16.0 Å². The minimum atomic E-state index is -0.544. The Morgan fingerprint density at radius 2 is 1.56 bits per heavy atom. The molecule has 0 aliphatic heterocycles. The highest BCUT2D eigenvalue weighted by Gasteiger charge is 2.18. The minimum Gasteiger partial charge on any atom is -0.503 e. The highest BCUT2D eigenvalue weighted by molar-refractivity contribution is 6.30. The van der Waals surface area contributed by atoms with Crippen LogP contribution in [0.5, 0.6) is 0 Å². The summed E-state index contributed by atoms with van der Waals surface area (Å²) in [6, 6.07) is 13.8. The van der Waals surface area contributed by atoms with Gasteiger partial charge in [0, 0.05) is 10.0 Å². The lowest BCUT2D eigenvalue weighted by Crippen LogP contribution is -2.21. The predicted molar refractivity (Wildman–Crippen MR) is 110 cm³/mol. The summed E-state index contributed by atoms with van der Waals surface area (Å²) < 4.78 is 5.35. The van der Waals surface area contributed by atoms with Crippen molar-refractivity contribution in [1.29, 1.82) is 0 Å². The number of carbonyl (C=O) groups is 1. The zero-order valence-corrected chi connectivity index (χ0v) is 16.9. The fraction of sp³-hybridized carbons (Fsp3) is 0.238. The number of benzene rings is 2. The molecule has 6 heteroatoms. The number of aliphatic hydroxyl groups excluding tert-OH is 1. The summed E-state index contributed by atoms with van der Waals surface area (Å²) in [5.41, 5.74) is 0.908. The number of esters is 1. The second-order valence-corrected chi connectivity index (χ2v) is 7.82. The van der Waals surface area contributed by atoms with Crippen LogP contribution in [0.3, 0.4) is 0 Å². The number of aliphatic imine (C=N–C) groups is 1. The molecule has 0 fully saturated rings. The third-order valence-electron chi connectivity index (χ3n) is 3.30. The van der Waals surface area contributed by atoms with Gasteiger partial charge >= 0.3 is 5.97 Å². The summed E-state index contributed by atoms with van der Waals surface area (Å²) in [6.07, 6.45) is 1.50. The second kappa shape index (κ2) is 9.07. The predicted octanol–water partition coefficient (Wildman–Crippen LogP) is 5.88. The maximum Gasteiger partial charge on any atom is 0.317 e. The number of nitrogens with zero attached hydrogens (tertiary/aromatic N) is 1. The Morgan fingerprint density at radius 1 is 1.04 bits per heavy atom. The average molecular weight is 406 g/mol. The molecule has 0 radical (unpaired) electrons. The topological polar surface area (TPSA) is 58.9 Å². The van der Waals surface area contributed by atoms with Crippen molar-refractivity contribution >= 4 is 41.1 Å². The SMILES string of the molecule is CC(C)(C)N=C(OC(=O)Cc1ccc(Cl)cc1)/C(O)=C/c1ccc(Cl)cc1. The van der Waals surface area contributed by atoms with Crippen molar-refractivity contribution in [3.05, 3.63) is 75.5 Å². The van der Waals surface area contributed by atoms with Gasteiger partial charge in [-0.3, -0.25) is 4.79 Å². The molecule has 142 valence electrons. The number of carbonyl (C=O) groups excluding carboxylic acids is 1. The molecule has 0 amide bonds. The fourth-order valence-corrected chi connectivity index (χ4v) is 2.38. The molecular formula is C21H21Cl2NO3. The molecule has 0 heterocycles. The van der Waals surface area contributed by atoms with Crippen LogP contribution >= 0.6 is 23.2 Å². The first-order valence-electron chi connectivity index (χ1n) is 8.34. The van der Waals surface area contributed by atoms with Crippen molar-refractivity contribution < 1.29 is 14.6 Å². The van der Waals surface area contributed by atoms with Crippen molar-refractivity contribution in [2.24, 2.45) is 4.99 Å². The number of rotatable bonds is 4. The first-order chi connectivity index (χ1) is 12.6. The highest BCUT2D eigenvalue weighted by atomic mass is 35.5. The third-order valence-corrected chi connectivity index (χ3v) is 3.81. The van der Waals surface area contributed by atoms with E-state index in [9.17, 15) is 9.90 Å². The molecule has 0 bridgehead atoms. The molecule has 2 rings (SSSR count). The minimum absolute atomic E-state index is 0.0363. The van der Waals surface area contributed by atoms with E-state index in [1.54, 1.807) is 48.5 Å². The second-order valence-electron chi connectivity index (χ2n) is 6.95. The first kappa shape index (κ1) is 21.0. The summed E-state index contributed by atoms with van der Waals surface area (Å²) in [5, 5.41) is 11.6. The van der Waals surface area contributed by atoms with Crippen LogP contribution in [0.2, 0.25) is 10.0 Å². The van der Waals surface area contributed by atoms with Crippen LogP contribution in [0.1, 0.15) is 31.9 Å². The van der Waals surface area contributed by atoms with Gasteiger partial charge in [0.1, 0.15) is 0 Å². The van der Waals surface area contributed by atoms with Crippen LogP contribution in [0.25, 0.3) is 6.08 Å². The maximum atomic E-state index is 12.3. The molecule has 0 unspecified atom stereocenters. The van der Waals surface area contributed by atoms with E-state index in [1.165, 1.54) is 6.08 Å². The van der Waals surface area contributed by atoms with Crippen LogP contribution in [-0.4, -0.2) is 22.5 Å². The van der Waals surface area contributed by atoms with Crippen molar-refractivity contribution in [1.82, 2.24) is 0 Å². The van der Waals surface area contributed by atoms with Crippen LogP contribution < -0.4 is 0 Å². The molecule has 0 saturated carbocycles. The molecule has 0 aliphatic rings. The smallest absolute Gasteiger partial charge is 0.317 e. The molecular weight excluding hydrogens is 385 g/mol. The van der Waals surface area contributed by atoms with Gasteiger partial charge in [-0.15, -0.1) is 0 Å². The third kappa shape index (κ3) is 7.45. The highest BCUT2D eigenvalue weighted by Crippen LogP contribution is 2.16. The Kier molecular flexibility index (Phi) is 7.05. The molecule has 0 aliphatic carbocycles. The standard InChI is InChI=1S/C21H21Cl2NO3/c1-21(2,3)24-20(18(25)12-14-4-8-16(22)9-5-14)27-19(26)13-15-6-10-17(23)11-7-15/h4-12,25H,13H2,1-3H3/b18-12-,24-20?.